The Hall–Kier alpha value is -1.26. The van der Waals surface area contributed by atoms with E-state index in [2.05, 4.69) is 25.2 Å². The van der Waals surface area contributed by atoms with Gasteiger partial charge in [0.2, 0.25) is 0 Å². The number of hydrogen-bond donors (Lipinski definition) is 1. The minimum Gasteiger partial charge on any atom is -0.308 e. The van der Waals surface area contributed by atoms with Gasteiger partial charge in [-0.15, -0.1) is 11.3 Å². The maximum atomic E-state index is 13.0. The van der Waals surface area contributed by atoms with Crippen LogP contribution < -0.4 is 5.32 Å². The SMILES string of the molecule is Cc1cc(CNCc2ccc(F)c(F)c2)sc1C. The lowest BCUT2D eigenvalue weighted by molar-refractivity contribution is 0.506. The monoisotopic (exact) mass is 267 g/mol. The molecule has 4 heteroatoms. The van der Waals surface area contributed by atoms with E-state index >= 15 is 0 Å². The fourth-order valence-electron chi connectivity index (χ4n) is 1.72. The van der Waals surface area contributed by atoms with E-state index in [1.54, 1.807) is 17.4 Å². The molecule has 1 nitrogen and oxygen atoms in total. The van der Waals surface area contributed by atoms with E-state index in [-0.39, 0.29) is 0 Å². The molecule has 0 saturated carbocycles. The quantitative estimate of drug-likeness (QED) is 0.885. The van der Waals surface area contributed by atoms with Gasteiger partial charge in [-0.2, -0.15) is 0 Å². The van der Waals surface area contributed by atoms with E-state index < -0.39 is 11.6 Å². The van der Waals surface area contributed by atoms with Crippen LogP contribution in [-0.2, 0) is 13.1 Å². The highest BCUT2D eigenvalue weighted by molar-refractivity contribution is 7.12. The molecule has 0 aliphatic carbocycles. The number of aryl methyl sites for hydroxylation is 2. The summed E-state index contributed by atoms with van der Waals surface area (Å²) in [5.74, 6) is -1.60. The summed E-state index contributed by atoms with van der Waals surface area (Å²) in [4.78, 5) is 2.58. The van der Waals surface area contributed by atoms with Gasteiger partial charge in [0.15, 0.2) is 11.6 Å². The van der Waals surface area contributed by atoms with Gasteiger partial charge in [0.05, 0.1) is 0 Å². The lowest BCUT2D eigenvalue weighted by atomic mass is 10.2. The van der Waals surface area contributed by atoms with Crippen LogP contribution in [0, 0.1) is 25.5 Å². The Balaban J connectivity index is 1.90. The van der Waals surface area contributed by atoms with Gasteiger partial charge in [0.25, 0.3) is 0 Å². The van der Waals surface area contributed by atoms with E-state index in [1.807, 2.05) is 0 Å². The maximum Gasteiger partial charge on any atom is 0.159 e. The van der Waals surface area contributed by atoms with Crippen molar-refractivity contribution >= 4 is 11.3 Å². The summed E-state index contributed by atoms with van der Waals surface area (Å²) in [6.07, 6.45) is 0. The minimum absolute atomic E-state index is 0.535. The predicted molar refractivity (Wildman–Crippen MR) is 70.7 cm³/mol. The molecular formula is C14H15F2NS. The van der Waals surface area contributed by atoms with Crippen molar-refractivity contribution in [3.05, 3.63) is 56.8 Å². The summed E-state index contributed by atoms with van der Waals surface area (Å²) in [6.45, 7) is 5.47. The molecule has 96 valence electrons. The molecular weight excluding hydrogens is 252 g/mol. The average molecular weight is 267 g/mol. The number of hydrogen-bond acceptors (Lipinski definition) is 2. The normalized spacial score (nSPS) is 10.9. The van der Waals surface area contributed by atoms with Gasteiger partial charge >= 0.3 is 0 Å². The number of thiophene rings is 1. The first-order valence-electron chi connectivity index (χ1n) is 5.77. The first-order valence-corrected chi connectivity index (χ1v) is 6.58. The van der Waals surface area contributed by atoms with Crippen LogP contribution in [0.1, 0.15) is 20.9 Å². The van der Waals surface area contributed by atoms with Crippen LogP contribution in [0.3, 0.4) is 0 Å². The van der Waals surface area contributed by atoms with Crippen molar-refractivity contribution in [3.8, 4) is 0 Å². The van der Waals surface area contributed by atoms with Crippen LogP contribution in [-0.4, -0.2) is 0 Å². The van der Waals surface area contributed by atoms with Gasteiger partial charge in [0, 0.05) is 22.8 Å². The van der Waals surface area contributed by atoms with Gasteiger partial charge in [-0.05, 0) is 43.2 Å². The molecule has 1 N–H and O–H groups in total. The minimum atomic E-state index is -0.803. The Morgan fingerprint density at radius 2 is 1.83 bits per heavy atom. The first-order chi connectivity index (χ1) is 8.56. The predicted octanol–water partition coefficient (Wildman–Crippen LogP) is 3.93. The molecule has 0 amide bonds. The highest BCUT2D eigenvalue weighted by Gasteiger charge is 2.03. The van der Waals surface area contributed by atoms with Crippen molar-refractivity contribution in [1.29, 1.82) is 0 Å². The molecule has 0 spiro atoms. The van der Waals surface area contributed by atoms with Crippen LogP contribution in [0.4, 0.5) is 8.78 Å². The highest BCUT2D eigenvalue weighted by Crippen LogP contribution is 2.20. The van der Waals surface area contributed by atoms with Crippen LogP contribution in [0.25, 0.3) is 0 Å². The standard InChI is InChI=1S/C14H15F2NS/c1-9-5-12(18-10(9)2)8-17-7-11-3-4-13(15)14(16)6-11/h3-6,17H,7-8H2,1-2H3. The van der Waals surface area contributed by atoms with Crippen molar-refractivity contribution in [2.24, 2.45) is 0 Å². The molecule has 0 atom stereocenters. The van der Waals surface area contributed by atoms with Crippen molar-refractivity contribution in [2.75, 3.05) is 0 Å². The zero-order valence-corrected chi connectivity index (χ0v) is 11.2. The van der Waals surface area contributed by atoms with Crippen LogP contribution in [0.2, 0.25) is 0 Å². The molecule has 1 heterocycles. The Kier molecular flexibility index (Phi) is 4.09. The summed E-state index contributed by atoms with van der Waals surface area (Å²) in [5.41, 5.74) is 2.04. The Bertz CT molecular complexity index is 529. The molecule has 0 saturated heterocycles. The summed E-state index contributed by atoms with van der Waals surface area (Å²) in [6, 6.07) is 6.13. The highest BCUT2D eigenvalue weighted by atomic mass is 32.1. The fourth-order valence-corrected chi connectivity index (χ4v) is 2.74. The Labute approximate surface area is 109 Å². The molecule has 0 aliphatic heterocycles. The van der Waals surface area contributed by atoms with Crippen molar-refractivity contribution in [2.45, 2.75) is 26.9 Å². The fraction of sp³-hybridized carbons (Fsp3) is 0.286. The molecule has 2 aromatic rings. The molecule has 1 aromatic heterocycles. The lowest BCUT2D eigenvalue weighted by Crippen LogP contribution is -2.12. The molecule has 18 heavy (non-hydrogen) atoms. The van der Waals surface area contributed by atoms with E-state index in [0.717, 1.165) is 18.2 Å². The number of nitrogens with one attached hydrogen (secondary N) is 1. The van der Waals surface area contributed by atoms with E-state index in [1.165, 1.54) is 21.4 Å². The maximum absolute atomic E-state index is 13.0. The van der Waals surface area contributed by atoms with Crippen molar-refractivity contribution in [3.63, 3.8) is 0 Å². The van der Waals surface area contributed by atoms with E-state index in [4.69, 9.17) is 0 Å². The van der Waals surface area contributed by atoms with E-state index in [0.29, 0.717) is 6.54 Å². The molecule has 0 unspecified atom stereocenters. The number of rotatable bonds is 4. The van der Waals surface area contributed by atoms with Gasteiger partial charge < -0.3 is 5.32 Å². The van der Waals surface area contributed by atoms with Gasteiger partial charge in [0.1, 0.15) is 0 Å². The second-order valence-electron chi connectivity index (χ2n) is 4.30. The van der Waals surface area contributed by atoms with Gasteiger partial charge in [-0.3, -0.25) is 0 Å². The van der Waals surface area contributed by atoms with Crippen LogP contribution in [0.5, 0.6) is 0 Å². The largest absolute Gasteiger partial charge is 0.308 e. The number of halogens is 2. The second-order valence-corrected chi connectivity index (χ2v) is 5.64. The molecule has 2 rings (SSSR count). The van der Waals surface area contributed by atoms with Crippen molar-refractivity contribution < 1.29 is 8.78 Å². The smallest absolute Gasteiger partial charge is 0.159 e. The molecule has 0 radical (unpaired) electrons. The average Bonchev–Trinajstić information content (AvgIpc) is 2.63. The summed E-state index contributed by atoms with van der Waals surface area (Å²) in [5, 5.41) is 3.23. The Morgan fingerprint density at radius 3 is 2.44 bits per heavy atom. The summed E-state index contributed by atoms with van der Waals surface area (Å²) in [7, 11) is 0. The summed E-state index contributed by atoms with van der Waals surface area (Å²) >= 11 is 1.76. The lowest BCUT2D eigenvalue weighted by Gasteiger charge is -2.04. The molecule has 0 fully saturated rings. The van der Waals surface area contributed by atoms with Crippen LogP contribution >= 0.6 is 11.3 Å². The molecule has 0 bridgehead atoms. The third kappa shape index (κ3) is 3.15. The van der Waals surface area contributed by atoms with Gasteiger partial charge in [-0.25, -0.2) is 8.78 Å². The molecule has 0 aliphatic rings. The second kappa shape index (κ2) is 5.59. The van der Waals surface area contributed by atoms with E-state index in [9.17, 15) is 8.78 Å². The van der Waals surface area contributed by atoms with Gasteiger partial charge in [-0.1, -0.05) is 6.07 Å². The summed E-state index contributed by atoms with van der Waals surface area (Å²) < 4.78 is 25.7. The Morgan fingerprint density at radius 1 is 1.06 bits per heavy atom. The topological polar surface area (TPSA) is 12.0 Å². The zero-order valence-electron chi connectivity index (χ0n) is 10.4. The van der Waals surface area contributed by atoms with Crippen LogP contribution in [0.15, 0.2) is 24.3 Å². The zero-order chi connectivity index (χ0) is 13.1. The van der Waals surface area contributed by atoms with Crippen molar-refractivity contribution in [1.82, 2.24) is 5.32 Å². The number of benzene rings is 1. The third-order valence-corrected chi connectivity index (χ3v) is 3.98. The first kappa shape index (κ1) is 13.2. The third-order valence-electron chi connectivity index (χ3n) is 2.83. The molecule has 1 aromatic carbocycles.